The molecule has 160 valence electrons. The minimum Gasteiger partial charge on any atom is -0.598 e. The van der Waals surface area contributed by atoms with E-state index in [0.717, 1.165) is 6.07 Å². The first-order valence-corrected chi connectivity index (χ1v) is 9.65. The summed E-state index contributed by atoms with van der Waals surface area (Å²) >= 11 is -1.57. The van der Waals surface area contributed by atoms with Crippen molar-refractivity contribution < 1.29 is 31.6 Å². The second-order valence-corrected chi connectivity index (χ2v) is 10.3. The molecule has 2 atom stereocenters. The Hall–Kier alpha value is -1.52. The summed E-state index contributed by atoms with van der Waals surface area (Å²) < 4.78 is 73.4. The van der Waals surface area contributed by atoms with E-state index in [0.29, 0.717) is 6.07 Å². The average Bonchev–Trinajstić information content (AvgIpc) is 2.44. The Morgan fingerprint density at radius 1 is 1.14 bits per heavy atom. The third kappa shape index (κ3) is 7.14. The summed E-state index contributed by atoms with van der Waals surface area (Å²) in [4.78, 5) is 11.9. The van der Waals surface area contributed by atoms with E-state index in [1.165, 1.54) is 6.92 Å². The minimum absolute atomic E-state index is 0.0115. The molecule has 1 amide bonds. The third-order valence-corrected chi connectivity index (χ3v) is 5.06. The summed E-state index contributed by atoms with van der Waals surface area (Å²) in [6.45, 7) is 11.3. The number of rotatable bonds is 4. The van der Waals surface area contributed by atoms with Gasteiger partial charge in [-0.05, 0) is 66.2 Å². The molecule has 28 heavy (non-hydrogen) atoms. The van der Waals surface area contributed by atoms with Crippen LogP contribution < -0.4 is 10.0 Å². The van der Waals surface area contributed by atoms with Gasteiger partial charge < -0.3 is 9.29 Å². The van der Waals surface area contributed by atoms with Gasteiger partial charge in [0, 0.05) is 11.4 Å². The van der Waals surface area contributed by atoms with Gasteiger partial charge in [-0.1, -0.05) is 0 Å². The van der Waals surface area contributed by atoms with Gasteiger partial charge in [-0.2, -0.15) is 13.2 Å². The highest BCUT2D eigenvalue weighted by molar-refractivity contribution is 7.90. The van der Waals surface area contributed by atoms with Gasteiger partial charge in [0.15, 0.2) is 5.82 Å². The summed E-state index contributed by atoms with van der Waals surface area (Å²) in [7, 11) is 0. The molecule has 2 unspecified atom stereocenters. The van der Waals surface area contributed by atoms with Crippen molar-refractivity contribution in [1.82, 2.24) is 4.72 Å². The zero-order valence-electron chi connectivity index (χ0n) is 16.9. The van der Waals surface area contributed by atoms with Gasteiger partial charge in [-0.25, -0.2) is 9.18 Å². The SMILES string of the molecule is CC(N[S+]([O-])C(C)(C)C)c1cc(NC(=O)OC(C)(C)C)c(F)c(C(F)(F)F)c1. The van der Waals surface area contributed by atoms with Crippen molar-refractivity contribution in [1.29, 1.82) is 0 Å². The van der Waals surface area contributed by atoms with Gasteiger partial charge in [0.1, 0.15) is 10.3 Å². The second kappa shape index (κ2) is 8.46. The summed E-state index contributed by atoms with van der Waals surface area (Å²) in [5, 5.41) is 2.02. The lowest BCUT2D eigenvalue weighted by Crippen LogP contribution is -2.40. The lowest BCUT2D eigenvalue weighted by Gasteiger charge is -2.27. The first-order valence-electron chi connectivity index (χ1n) is 8.50. The molecule has 0 bridgehead atoms. The maximum atomic E-state index is 14.4. The Balaban J connectivity index is 3.30. The molecule has 1 aromatic rings. The maximum Gasteiger partial charge on any atom is 0.419 e. The highest BCUT2D eigenvalue weighted by atomic mass is 32.2. The van der Waals surface area contributed by atoms with Crippen molar-refractivity contribution in [3.05, 3.63) is 29.1 Å². The minimum atomic E-state index is -4.98. The maximum absolute atomic E-state index is 14.4. The van der Waals surface area contributed by atoms with Crippen LogP contribution in [0, 0.1) is 5.82 Å². The van der Waals surface area contributed by atoms with Crippen LogP contribution in [0.1, 0.15) is 65.6 Å². The molecule has 1 rings (SSSR count). The predicted octanol–water partition coefficient (Wildman–Crippen LogP) is 5.30. The summed E-state index contributed by atoms with van der Waals surface area (Å²) in [6, 6.07) is 0.889. The molecule has 2 N–H and O–H groups in total. The van der Waals surface area contributed by atoms with Crippen molar-refractivity contribution >= 4 is 23.1 Å². The molecule has 0 saturated heterocycles. The van der Waals surface area contributed by atoms with Gasteiger partial charge in [0.2, 0.25) is 0 Å². The van der Waals surface area contributed by atoms with E-state index in [9.17, 15) is 26.9 Å². The van der Waals surface area contributed by atoms with E-state index < -0.39 is 57.1 Å². The number of carbonyl (C=O) groups is 1. The van der Waals surface area contributed by atoms with Gasteiger partial charge in [0.05, 0.1) is 17.3 Å². The van der Waals surface area contributed by atoms with Gasteiger partial charge in [0.25, 0.3) is 0 Å². The monoisotopic (exact) mass is 426 g/mol. The fraction of sp³-hybridized carbons (Fsp3) is 0.611. The van der Waals surface area contributed by atoms with E-state index in [1.54, 1.807) is 41.5 Å². The first-order chi connectivity index (χ1) is 12.4. The molecule has 10 heteroatoms. The number of amides is 1. The lowest BCUT2D eigenvalue weighted by molar-refractivity contribution is -0.140. The number of benzene rings is 1. The molecule has 0 fully saturated rings. The fourth-order valence-electron chi connectivity index (χ4n) is 2.01. The molecular weight excluding hydrogens is 400 g/mol. The molecule has 0 heterocycles. The van der Waals surface area contributed by atoms with Gasteiger partial charge in [-0.3, -0.25) is 5.32 Å². The quantitative estimate of drug-likeness (QED) is 0.506. The first kappa shape index (κ1) is 24.5. The Morgan fingerprint density at radius 3 is 2.11 bits per heavy atom. The highest BCUT2D eigenvalue weighted by Gasteiger charge is 2.37. The van der Waals surface area contributed by atoms with Crippen LogP contribution in [-0.4, -0.2) is 21.0 Å². The van der Waals surface area contributed by atoms with Crippen LogP contribution in [-0.2, 0) is 22.3 Å². The Labute approximate surface area is 165 Å². The standard InChI is InChI=1S/C18H26F4N2O3S/c1-10(24-28(26)17(5,6)7)11-8-12(18(20,21)22)14(19)13(9-11)23-15(25)27-16(2,3)4/h8-10,24H,1-7H3,(H,23,25). The van der Waals surface area contributed by atoms with E-state index in [4.69, 9.17) is 4.74 Å². The molecule has 5 nitrogen and oxygen atoms in total. The zero-order chi connectivity index (χ0) is 22.1. The highest BCUT2D eigenvalue weighted by Crippen LogP contribution is 2.37. The largest absolute Gasteiger partial charge is 0.598 e. The summed E-state index contributed by atoms with van der Waals surface area (Å²) in [6.07, 6.45) is -6.07. The lowest BCUT2D eigenvalue weighted by atomic mass is 10.0. The average molecular weight is 426 g/mol. The van der Waals surface area contributed by atoms with Crippen LogP contribution in [0.5, 0.6) is 0 Å². The number of alkyl halides is 3. The smallest absolute Gasteiger partial charge is 0.419 e. The molecule has 0 aromatic heterocycles. The summed E-state index contributed by atoms with van der Waals surface area (Å²) in [5.41, 5.74) is -3.11. The molecule has 1 aromatic carbocycles. The van der Waals surface area contributed by atoms with Crippen molar-refractivity contribution in [2.24, 2.45) is 0 Å². The van der Waals surface area contributed by atoms with Gasteiger partial charge in [-0.15, -0.1) is 4.72 Å². The number of hydrogen-bond acceptors (Lipinski definition) is 4. The van der Waals surface area contributed by atoms with Crippen LogP contribution >= 0.6 is 0 Å². The molecule has 0 saturated carbocycles. The van der Waals surface area contributed by atoms with E-state index in [-0.39, 0.29) is 5.56 Å². The van der Waals surface area contributed by atoms with Crippen molar-refractivity contribution in [3.63, 3.8) is 0 Å². The van der Waals surface area contributed by atoms with Crippen molar-refractivity contribution in [2.45, 2.75) is 71.0 Å². The number of halogens is 4. The molecule has 0 aliphatic carbocycles. The molecule has 0 radical (unpaired) electrons. The van der Waals surface area contributed by atoms with E-state index in [2.05, 4.69) is 4.72 Å². The van der Waals surface area contributed by atoms with E-state index >= 15 is 0 Å². The fourth-order valence-corrected chi connectivity index (χ4v) is 2.82. The summed E-state index contributed by atoms with van der Waals surface area (Å²) in [5.74, 6) is -1.62. The van der Waals surface area contributed by atoms with Crippen LogP contribution in [0.3, 0.4) is 0 Å². The van der Waals surface area contributed by atoms with Crippen molar-refractivity contribution in [2.75, 3.05) is 5.32 Å². The molecule has 0 aliphatic heterocycles. The number of anilines is 1. The number of hydrogen-bond donors (Lipinski definition) is 2. The van der Waals surface area contributed by atoms with Gasteiger partial charge >= 0.3 is 12.3 Å². The zero-order valence-corrected chi connectivity index (χ0v) is 17.7. The topological polar surface area (TPSA) is 73.4 Å². The second-order valence-electron chi connectivity index (χ2n) is 8.28. The number of carbonyl (C=O) groups excluding carboxylic acids is 1. The van der Waals surface area contributed by atoms with E-state index in [1.807, 2.05) is 5.32 Å². The van der Waals surface area contributed by atoms with Crippen LogP contribution in [0.15, 0.2) is 12.1 Å². The Bertz CT molecular complexity index is 712. The number of ether oxygens (including phenoxy) is 1. The van der Waals surface area contributed by atoms with Crippen LogP contribution in [0.2, 0.25) is 0 Å². The normalized spacial score (nSPS) is 15.1. The van der Waals surface area contributed by atoms with Crippen molar-refractivity contribution in [3.8, 4) is 0 Å². The third-order valence-electron chi connectivity index (χ3n) is 3.38. The Morgan fingerprint density at radius 2 is 1.68 bits per heavy atom. The Kier molecular flexibility index (Phi) is 7.41. The predicted molar refractivity (Wildman–Crippen MR) is 101 cm³/mol. The van der Waals surface area contributed by atoms with Crippen LogP contribution in [0.4, 0.5) is 28.0 Å². The number of nitrogens with one attached hydrogen (secondary N) is 2. The molecular formula is C18H26F4N2O3S. The molecule has 0 aliphatic rings. The van der Waals surface area contributed by atoms with Crippen LogP contribution in [0.25, 0.3) is 0 Å². The molecule has 0 spiro atoms.